The quantitative estimate of drug-likeness (QED) is 0.342. The highest BCUT2D eigenvalue weighted by atomic mass is 19.4. The zero-order valence-corrected chi connectivity index (χ0v) is 18.7. The highest BCUT2D eigenvalue weighted by molar-refractivity contribution is 6.07. The van der Waals surface area contributed by atoms with Crippen LogP contribution in [-0.2, 0) is 10.7 Å². The molecule has 1 unspecified atom stereocenters. The molecule has 1 aliphatic heterocycles. The fourth-order valence-corrected chi connectivity index (χ4v) is 3.55. The van der Waals surface area contributed by atoms with E-state index >= 15 is 0 Å². The van der Waals surface area contributed by atoms with Crippen molar-refractivity contribution < 1.29 is 46.1 Å². The van der Waals surface area contributed by atoms with E-state index in [0.717, 1.165) is 12.1 Å². The fourth-order valence-electron chi connectivity index (χ4n) is 3.55. The minimum Gasteiger partial charge on any atom is -0.481 e. The number of amides is 1. The Morgan fingerprint density at radius 1 is 1.00 bits per heavy atom. The van der Waals surface area contributed by atoms with Gasteiger partial charge in [0.05, 0.1) is 18.0 Å². The summed E-state index contributed by atoms with van der Waals surface area (Å²) in [6, 6.07) is 9.80. The summed E-state index contributed by atoms with van der Waals surface area (Å²) in [7, 11) is 0. The summed E-state index contributed by atoms with van der Waals surface area (Å²) in [6.45, 7) is 0.0230. The third-order valence-corrected chi connectivity index (χ3v) is 5.40. The van der Waals surface area contributed by atoms with Crippen molar-refractivity contribution in [1.29, 1.82) is 0 Å². The number of carboxylic acid groups (broad SMARTS) is 1. The summed E-state index contributed by atoms with van der Waals surface area (Å²) in [5.41, 5.74) is -0.825. The van der Waals surface area contributed by atoms with Crippen LogP contribution in [-0.4, -0.2) is 34.9 Å². The van der Waals surface area contributed by atoms with Gasteiger partial charge in [0.25, 0.3) is 5.91 Å². The number of carboxylic acids is 1. The number of hydrogen-bond acceptors (Lipinski definition) is 6. The van der Waals surface area contributed by atoms with E-state index < -0.39 is 35.6 Å². The number of ether oxygens (including phenoxy) is 2. The maximum atomic E-state index is 13.5. The molecule has 1 aromatic heterocycles. The van der Waals surface area contributed by atoms with Gasteiger partial charge in [-0.25, -0.2) is 4.98 Å². The molecular weight excluding hydrogens is 505 g/mol. The number of alkyl halides is 5. The van der Waals surface area contributed by atoms with Gasteiger partial charge in [0, 0.05) is 17.4 Å². The Morgan fingerprint density at radius 3 is 2.38 bits per heavy atom. The largest absolute Gasteiger partial charge is 0.481 e. The Labute approximate surface area is 206 Å². The minimum atomic E-state index is -5.77. The van der Waals surface area contributed by atoms with Crippen molar-refractivity contribution in [2.24, 2.45) is 0 Å². The van der Waals surface area contributed by atoms with E-state index in [-0.39, 0.29) is 30.3 Å². The molecule has 13 heteroatoms. The van der Waals surface area contributed by atoms with Crippen LogP contribution >= 0.6 is 0 Å². The second kappa shape index (κ2) is 9.91. The van der Waals surface area contributed by atoms with Gasteiger partial charge in [0.2, 0.25) is 6.79 Å². The van der Waals surface area contributed by atoms with Gasteiger partial charge in [-0.05, 0) is 42.0 Å². The van der Waals surface area contributed by atoms with Gasteiger partial charge in [-0.15, -0.1) is 0 Å². The lowest BCUT2D eigenvalue weighted by Crippen LogP contribution is -2.33. The van der Waals surface area contributed by atoms with Gasteiger partial charge < -0.3 is 25.2 Å². The molecule has 2 aromatic carbocycles. The molecule has 4 rings (SSSR count). The van der Waals surface area contributed by atoms with Crippen LogP contribution < -0.4 is 20.1 Å². The van der Waals surface area contributed by atoms with Crippen molar-refractivity contribution in [3.63, 3.8) is 0 Å². The van der Waals surface area contributed by atoms with Gasteiger partial charge in [-0.2, -0.15) is 22.0 Å². The summed E-state index contributed by atoms with van der Waals surface area (Å²) in [5, 5.41) is 14.7. The SMILES string of the molecule is O=C(O)CC(Nc1ncccc1C(=O)Nc1ccc(C(F)(F)C(F)(F)F)cc1)c1ccc2c(c1)OCO2. The first-order valence-corrected chi connectivity index (χ1v) is 10.6. The van der Waals surface area contributed by atoms with Gasteiger partial charge in [-0.3, -0.25) is 9.59 Å². The van der Waals surface area contributed by atoms with Crippen LogP contribution in [0, 0.1) is 0 Å². The Bertz CT molecular complexity index is 1310. The van der Waals surface area contributed by atoms with Gasteiger partial charge in [-0.1, -0.05) is 18.2 Å². The van der Waals surface area contributed by atoms with Gasteiger partial charge in [0.1, 0.15) is 5.82 Å². The maximum absolute atomic E-state index is 13.5. The number of pyridine rings is 1. The van der Waals surface area contributed by atoms with E-state index in [0.29, 0.717) is 29.2 Å². The van der Waals surface area contributed by atoms with Gasteiger partial charge in [0.15, 0.2) is 11.5 Å². The number of aromatic nitrogens is 1. The highest BCUT2D eigenvalue weighted by Gasteiger charge is 2.58. The molecule has 0 saturated carbocycles. The van der Waals surface area contributed by atoms with Crippen molar-refractivity contribution in [2.75, 3.05) is 17.4 Å². The third-order valence-electron chi connectivity index (χ3n) is 5.40. The minimum absolute atomic E-state index is 0.0177. The lowest BCUT2D eigenvalue weighted by molar-refractivity contribution is -0.289. The second-order valence-electron chi connectivity index (χ2n) is 7.91. The number of benzene rings is 2. The van der Waals surface area contributed by atoms with Crippen molar-refractivity contribution in [3.05, 3.63) is 77.5 Å². The number of nitrogens with zero attached hydrogens (tertiary/aromatic N) is 1. The standard InChI is InChI=1S/C24H18F5N3O5/c25-23(26,24(27,28)29)14-4-6-15(7-5-14)31-22(35)16-2-1-9-30-21(16)32-17(11-20(33)34)13-3-8-18-19(10-13)37-12-36-18/h1-10,17H,11-12H2,(H,30,32)(H,31,35)(H,33,34). The molecule has 37 heavy (non-hydrogen) atoms. The molecule has 3 aromatic rings. The molecule has 3 N–H and O–H groups in total. The number of anilines is 2. The average molecular weight is 523 g/mol. The van der Waals surface area contributed by atoms with Crippen LogP contribution in [0.4, 0.5) is 33.5 Å². The number of nitrogens with one attached hydrogen (secondary N) is 2. The molecule has 0 radical (unpaired) electrons. The normalized spacial score (nSPS) is 13.6. The summed E-state index contributed by atoms with van der Waals surface area (Å²) in [6.07, 6.45) is -4.78. The predicted molar refractivity (Wildman–Crippen MR) is 120 cm³/mol. The van der Waals surface area contributed by atoms with Crippen LogP contribution in [0.5, 0.6) is 11.5 Å². The van der Waals surface area contributed by atoms with Crippen molar-refractivity contribution in [3.8, 4) is 11.5 Å². The van der Waals surface area contributed by atoms with Crippen LogP contribution in [0.3, 0.4) is 0 Å². The van der Waals surface area contributed by atoms with Gasteiger partial charge >= 0.3 is 18.1 Å². The molecule has 0 aliphatic carbocycles. The van der Waals surface area contributed by atoms with E-state index in [1.165, 1.54) is 18.3 Å². The maximum Gasteiger partial charge on any atom is 0.458 e. The second-order valence-corrected chi connectivity index (χ2v) is 7.91. The molecule has 0 bridgehead atoms. The van der Waals surface area contributed by atoms with Crippen LogP contribution in [0.1, 0.15) is 33.9 Å². The van der Waals surface area contributed by atoms with Crippen molar-refractivity contribution in [2.45, 2.75) is 24.6 Å². The Hall–Kier alpha value is -4.42. The Morgan fingerprint density at radius 2 is 1.70 bits per heavy atom. The number of hydrogen-bond donors (Lipinski definition) is 3. The van der Waals surface area contributed by atoms with E-state index in [2.05, 4.69) is 15.6 Å². The highest BCUT2D eigenvalue weighted by Crippen LogP contribution is 2.44. The number of aliphatic carboxylic acids is 1. The molecule has 8 nitrogen and oxygen atoms in total. The monoisotopic (exact) mass is 523 g/mol. The molecule has 0 spiro atoms. The first-order chi connectivity index (χ1) is 17.5. The van der Waals surface area contributed by atoms with E-state index in [1.807, 2.05) is 0 Å². The first-order valence-electron chi connectivity index (χ1n) is 10.6. The lowest BCUT2D eigenvalue weighted by Gasteiger charge is -2.21. The number of rotatable bonds is 8. The topological polar surface area (TPSA) is 110 Å². The third kappa shape index (κ3) is 5.55. The van der Waals surface area contributed by atoms with E-state index in [4.69, 9.17) is 9.47 Å². The average Bonchev–Trinajstić information content (AvgIpc) is 3.31. The molecule has 0 fully saturated rings. The lowest BCUT2D eigenvalue weighted by atomic mass is 10.0. The number of carbonyl (C=O) groups excluding carboxylic acids is 1. The number of fused-ring (bicyclic) bond motifs is 1. The molecule has 194 valence electrons. The van der Waals surface area contributed by atoms with Crippen LogP contribution in [0.25, 0.3) is 0 Å². The van der Waals surface area contributed by atoms with Crippen molar-refractivity contribution >= 4 is 23.4 Å². The molecule has 1 amide bonds. The zero-order valence-electron chi connectivity index (χ0n) is 18.7. The molecule has 1 atom stereocenters. The van der Waals surface area contributed by atoms with Crippen LogP contribution in [0.15, 0.2) is 60.8 Å². The molecular formula is C24H18F5N3O5. The molecule has 2 heterocycles. The summed E-state index contributed by atoms with van der Waals surface area (Å²) < 4.78 is 75.4. The zero-order chi connectivity index (χ0) is 26.8. The van der Waals surface area contributed by atoms with E-state index in [9.17, 15) is 36.6 Å². The molecule has 1 aliphatic rings. The predicted octanol–water partition coefficient (Wildman–Crippen LogP) is 5.34. The Kier molecular flexibility index (Phi) is 6.88. The smallest absolute Gasteiger partial charge is 0.458 e. The summed E-state index contributed by atoms with van der Waals surface area (Å²) >= 11 is 0. The molecule has 0 saturated heterocycles. The fraction of sp³-hybridized carbons (Fsp3) is 0.208. The first kappa shape index (κ1) is 25.7. The Balaban J connectivity index is 1.55. The number of halogens is 5. The van der Waals surface area contributed by atoms with E-state index in [1.54, 1.807) is 18.2 Å². The number of carbonyl (C=O) groups is 2. The summed E-state index contributed by atoms with van der Waals surface area (Å²) in [5.74, 6) is -6.00. The summed E-state index contributed by atoms with van der Waals surface area (Å²) in [4.78, 5) is 28.5. The van der Waals surface area contributed by atoms with Crippen molar-refractivity contribution in [1.82, 2.24) is 4.98 Å². The van der Waals surface area contributed by atoms with Crippen LogP contribution in [0.2, 0.25) is 0 Å².